The van der Waals surface area contributed by atoms with E-state index in [0.29, 0.717) is 29.9 Å². The molecule has 0 bridgehead atoms. The van der Waals surface area contributed by atoms with Crippen molar-refractivity contribution in [3.8, 4) is 0 Å². The predicted molar refractivity (Wildman–Crippen MR) is 129 cm³/mol. The Bertz CT molecular complexity index is 900. The van der Waals surface area contributed by atoms with E-state index in [1.165, 1.54) is 0 Å². The molecule has 2 rings (SSSR count). The van der Waals surface area contributed by atoms with Gasteiger partial charge in [0.05, 0.1) is 0 Å². The number of urea groups is 1. The lowest BCUT2D eigenvalue weighted by atomic mass is 9.87. The topological polar surface area (TPSA) is 113 Å². The minimum atomic E-state index is -0.621. The summed E-state index contributed by atoms with van der Waals surface area (Å²) in [5.41, 5.74) is 8.13. The summed E-state index contributed by atoms with van der Waals surface area (Å²) >= 11 is 0. The molecular formula is C25H34N4O3. The molecule has 0 aliphatic heterocycles. The Labute approximate surface area is 190 Å². The summed E-state index contributed by atoms with van der Waals surface area (Å²) in [6, 6.07) is 13.3. The lowest BCUT2D eigenvalue weighted by Gasteiger charge is -2.19. The Balaban J connectivity index is 1.79. The third kappa shape index (κ3) is 8.51. The summed E-state index contributed by atoms with van der Waals surface area (Å²) in [6.07, 6.45) is 4.31. The van der Waals surface area contributed by atoms with E-state index in [1.54, 1.807) is 36.4 Å². The van der Waals surface area contributed by atoms with Gasteiger partial charge >= 0.3 is 6.03 Å². The number of anilines is 2. The molecule has 0 unspecified atom stereocenters. The van der Waals surface area contributed by atoms with Gasteiger partial charge in [0.1, 0.15) is 0 Å². The van der Waals surface area contributed by atoms with Gasteiger partial charge in [-0.15, -0.1) is 0 Å². The van der Waals surface area contributed by atoms with Crippen LogP contribution in [0.5, 0.6) is 0 Å². The van der Waals surface area contributed by atoms with Crippen LogP contribution in [0, 0.1) is 0 Å². The molecule has 7 nitrogen and oxygen atoms in total. The molecule has 2 aromatic carbocycles. The van der Waals surface area contributed by atoms with Crippen LogP contribution in [0.1, 0.15) is 68.8 Å². The van der Waals surface area contributed by atoms with E-state index < -0.39 is 11.9 Å². The lowest BCUT2D eigenvalue weighted by molar-refractivity contribution is -0.116. The minimum absolute atomic E-state index is 0.0114. The maximum atomic E-state index is 12.3. The van der Waals surface area contributed by atoms with Crippen molar-refractivity contribution in [1.29, 1.82) is 0 Å². The Morgan fingerprint density at radius 3 is 1.91 bits per heavy atom. The van der Waals surface area contributed by atoms with Crippen LogP contribution < -0.4 is 21.7 Å². The van der Waals surface area contributed by atoms with Gasteiger partial charge < -0.3 is 16.4 Å². The van der Waals surface area contributed by atoms with Crippen LogP contribution in [0.2, 0.25) is 0 Å². The van der Waals surface area contributed by atoms with Crippen molar-refractivity contribution in [1.82, 2.24) is 5.32 Å². The van der Waals surface area contributed by atoms with Gasteiger partial charge in [0.2, 0.25) is 5.91 Å². The number of benzene rings is 2. The highest BCUT2D eigenvalue weighted by atomic mass is 16.2. The average Bonchev–Trinajstić information content (AvgIpc) is 2.74. The Kier molecular flexibility index (Phi) is 9.40. The van der Waals surface area contributed by atoms with Gasteiger partial charge in [0, 0.05) is 23.4 Å². The first-order valence-electron chi connectivity index (χ1n) is 11.0. The molecule has 172 valence electrons. The van der Waals surface area contributed by atoms with Gasteiger partial charge in [-0.2, -0.15) is 0 Å². The van der Waals surface area contributed by atoms with Crippen molar-refractivity contribution in [2.45, 2.75) is 58.3 Å². The molecular weight excluding hydrogens is 404 g/mol. The third-order valence-corrected chi connectivity index (χ3v) is 5.02. The van der Waals surface area contributed by atoms with E-state index in [4.69, 9.17) is 5.73 Å². The van der Waals surface area contributed by atoms with Crippen molar-refractivity contribution in [3.05, 3.63) is 59.7 Å². The lowest BCUT2D eigenvalue weighted by Crippen LogP contribution is -2.34. The number of hydrogen-bond donors (Lipinski definition) is 4. The van der Waals surface area contributed by atoms with Crippen LogP contribution in [-0.4, -0.2) is 24.4 Å². The molecule has 0 aliphatic rings. The highest BCUT2D eigenvalue weighted by molar-refractivity contribution is 6.08. The summed E-state index contributed by atoms with van der Waals surface area (Å²) in [6.45, 7) is 6.97. The second-order valence-electron chi connectivity index (χ2n) is 8.81. The van der Waals surface area contributed by atoms with Gasteiger partial charge in [-0.1, -0.05) is 45.7 Å². The highest BCUT2D eigenvalue weighted by Gasteiger charge is 2.15. The molecule has 0 heterocycles. The molecule has 0 spiro atoms. The number of nitrogens with one attached hydrogen (secondary N) is 3. The minimum Gasteiger partial charge on any atom is -0.330 e. The highest BCUT2D eigenvalue weighted by Crippen LogP contribution is 2.22. The van der Waals surface area contributed by atoms with Crippen LogP contribution in [0.4, 0.5) is 16.2 Å². The molecule has 2 aromatic rings. The first-order valence-corrected chi connectivity index (χ1v) is 11.0. The van der Waals surface area contributed by atoms with E-state index >= 15 is 0 Å². The fourth-order valence-electron chi connectivity index (χ4n) is 3.10. The van der Waals surface area contributed by atoms with Crippen molar-refractivity contribution >= 4 is 29.2 Å². The predicted octanol–water partition coefficient (Wildman–Crippen LogP) is 4.79. The van der Waals surface area contributed by atoms with Gasteiger partial charge in [-0.3, -0.25) is 14.9 Å². The zero-order chi connectivity index (χ0) is 23.6. The number of imide groups is 1. The summed E-state index contributed by atoms with van der Waals surface area (Å²) in [5, 5.41) is 7.78. The number of amides is 4. The number of rotatable bonds is 9. The molecule has 0 aromatic heterocycles. The average molecular weight is 439 g/mol. The molecule has 4 amide bonds. The smallest absolute Gasteiger partial charge is 0.326 e. The monoisotopic (exact) mass is 438 g/mol. The molecule has 0 aliphatic carbocycles. The number of carbonyl (C=O) groups is 3. The van der Waals surface area contributed by atoms with E-state index in [1.807, 2.05) is 12.1 Å². The summed E-state index contributed by atoms with van der Waals surface area (Å²) < 4.78 is 0. The molecule has 0 radical (unpaired) electrons. The Morgan fingerprint density at radius 1 is 0.781 bits per heavy atom. The van der Waals surface area contributed by atoms with Crippen LogP contribution in [0.15, 0.2) is 48.5 Å². The van der Waals surface area contributed by atoms with Crippen LogP contribution in [-0.2, 0) is 10.2 Å². The Morgan fingerprint density at radius 2 is 1.34 bits per heavy atom. The zero-order valence-corrected chi connectivity index (χ0v) is 19.2. The zero-order valence-electron chi connectivity index (χ0n) is 19.2. The van der Waals surface area contributed by atoms with Crippen molar-refractivity contribution in [2.24, 2.45) is 5.73 Å². The summed E-state index contributed by atoms with van der Waals surface area (Å²) in [4.78, 5) is 36.4. The van der Waals surface area contributed by atoms with Gasteiger partial charge in [0.25, 0.3) is 5.91 Å². The van der Waals surface area contributed by atoms with Crippen LogP contribution >= 0.6 is 0 Å². The number of carbonyl (C=O) groups excluding carboxylic acids is 3. The normalized spacial score (nSPS) is 11.0. The fourth-order valence-corrected chi connectivity index (χ4v) is 3.10. The standard InChI is InChI=1S/C25H34N4O3/c1-25(2,3)19-11-9-18(10-12-19)23(31)29-24(32)28-21-15-13-20(14-16-21)27-22(30)8-6-4-5-7-17-26/h9-16H,4-8,17,26H2,1-3H3,(H,27,30)(H2,28,29,31,32). The third-order valence-electron chi connectivity index (χ3n) is 5.02. The quantitative estimate of drug-likeness (QED) is 0.421. The molecule has 5 N–H and O–H groups in total. The van der Waals surface area contributed by atoms with E-state index in [9.17, 15) is 14.4 Å². The summed E-state index contributed by atoms with van der Waals surface area (Å²) in [5.74, 6) is -0.516. The number of hydrogen-bond acceptors (Lipinski definition) is 4. The first-order chi connectivity index (χ1) is 15.2. The first kappa shape index (κ1) is 25.1. The molecule has 0 atom stereocenters. The van der Waals surface area contributed by atoms with Crippen LogP contribution in [0.3, 0.4) is 0 Å². The maximum Gasteiger partial charge on any atom is 0.326 e. The second kappa shape index (κ2) is 12.0. The van der Waals surface area contributed by atoms with Crippen molar-refractivity contribution in [3.63, 3.8) is 0 Å². The molecule has 0 saturated heterocycles. The SMILES string of the molecule is CC(C)(C)c1ccc(C(=O)NC(=O)Nc2ccc(NC(=O)CCCCCCN)cc2)cc1. The molecule has 32 heavy (non-hydrogen) atoms. The maximum absolute atomic E-state index is 12.3. The molecule has 7 heteroatoms. The largest absolute Gasteiger partial charge is 0.330 e. The van der Waals surface area contributed by atoms with Gasteiger partial charge in [-0.25, -0.2) is 4.79 Å². The van der Waals surface area contributed by atoms with E-state index in [0.717, 1.165) is 31.2 Å². The molecule has 0 fully saturated rings. The fraction of sp³-hybridized carbons (Fsp3) is 0.400. The van der Waals surface area contributed by atoms with Gasteiger partial charge in [-0.05, 0) is 66.8 Å². The van der Waals surface area contributed by atoms with Gasteiger partial charge in [0.15, 0.2) is 0 Å². The summed E-state index contributed by atoms with van der Waals surface area (Å²) in [7, 11) is 0. The number of unbranched alkanes of at least 4 members (excludes halogenated alkanes) is 3. The second-order valence-corrected chi connectivity index (χ2v) is 8.81. The van der Waals surface area contributed by atoms with Crippen molar-refractivity contribution < 1.29 is 14.4 Å². The number of nitrogens with two attached hydrogens (primary N) is 1. The van der Waals surface area contributed by atoms with E-state index in [-0.39, 0.29) is 11.3 Å². The molecule has 0 saturated carbocycles. The van der Waals surface area contributed by atoms with Crippen LogP contribution in [0.25, 0.3) is 0 Å². The Hall–Kier alpha value is -3.19. The van der Waals surface area contributed by atoms with E-state index in [2.05, 4.69) is 36.7 Å². The van der Waals surface area contributed by atoms with Crippen molar-refractivity contribution in [2.75, 3.05) is 17.2 Å².